The molecule has 3 rings (SSSR count). The molecule has 0 aliphatic rings. The Morgan fingerprint density at radius 3 is 2.33 bits per heavy atom. The number of ether oxygens (including phenoxy) is 3. The fraction of sp³-hybridized carbons (Fsp3) is 0.292. The van der Waals surface area contributed by atoms with Crippen molar-refractivity contribution in [3.63, 3.8) is 0 Å². The number of carbonyl (C=O) groups is 1. The number of amides is 1. The average molecular weight is 409 g/mol. The van der Waals surface area contributed by atoms with Crippen molar-refractivity contribution in [3.05, 3.63) is 48.2 Å². The van der Waals surface area contributed by atoms with E-state index in [1.165, 1.54) is 0 Å². The van der Waals surface area contributed by atoms with Crippen molar-refractivity contribution < 1.29 is 23.4 Å². The summed E-state index contributed by atoms with van der Waals surface area (Å²) >= 11 is 0. The molecule has 1 N–H and O–H groups in total. The summed E-state index contributed by atoms with van der Waals surface area (Å²) in [7, 11) is 4.81. The number of rotatable bonds is 7. The molecular formula is C24H27NO5. The summed E-state index contributed by atoms with van der Waals surface area (Å²) in [5, 5.41) is 3.79. The van der Waals surface area contributed by atoms with Gasteiger partial charge >= 0.3 is 0 Å². The second-order valence-corrected chi connectivity index (χ2v) is 7.26. The lowest BCUT2D eigenvalue weighted by atomic mass is 9.99. The fourth-order valence-electron chi connectivity index (χ4n) is 3.36. The van der Waals surface area contributed by atoms with Gasteiger partial charge in [0.05, 0.1) is 27.6 Å². The van der Waals surface area contributed by atoms with E-state index in [1.54, 1.807) is 33.7 Å². The maximum absolute atomic E-state index is 12.2. The van der Waals surface area contributed by atoms with Gasteiger partial charge in [-0.3, -0.25) is 4.79 Å². The lowest BCUT2D eigenvalue weighted by Crippen LogP contribution is -2.28. The summed E-state index contributed by atoms with van der Waals surface area (Å²) in [4.78, 5) is 12.2. The van der Waals surface area contributed by atoms with Crippen LogP contribution in [0.25, 0.3) is 27.7 Å². The molecule has 0 saturated carbocycles. The van der Waals surface area contributed by atoms with Crippen LogP contribution in [0.2, 0.25) is 0 Å². The number of benzene rings is 2. The Morgan fingerprint density at radius 1 is 1.00 bits per heavy atom. The molecule has 0 spiro atoms. The van der Waals surface area contributed by atoms with Crippen molar-refractivity contribution >= 4 is 22.4 Å². The van der Waals surface area contributed by atoms with Gasteiger partial charge in [0.25, 0.3) is 0 Å². The van der Waals surface area contributed by atoms with E-state index >= 15 is 0 Å². The van der Waals surface area contributed by atoms with Crippen molar-refractivity contribution in [2.24, 2.45) is 0 Å². The molecule has 0 atom stereocenters. The van der Waals surface area contributed by atoms with Crippen molar-refractivity contribution in [1.29, 1.82) is 0 Å². The zero-order valence-corrected chi connectivity index (χ0v) is 18.2. The van der Waals surface area contributed by atoms with E-state index in [0.29, 0.717) is 22.8 Å². The van der Waals surface area contributed by atoms with Crippen molar-refractivity contribution in [1.82, 2.24) is 5.32 Å². The van der Waals surface area contributed by atoms with E-state index in [9.17, 15) is 4.79 Å². The summed E-state index contributed by atoms with van der Waals surface area (Å²) in [5.41, 5.74) is 4.16. The lowest BCUT2D eigenvalue weighted by Gasteiger charge is -2.11. The number of furan rings is 1. The topological polar surface area (TPSA) is 69.9 Å². The molecule has 0 unspecified atom stereocenters. The molecule has 0 fully saturated rings. The second-order valence-electron chi connectivity index (χ2n) is 7.26. The third kappa shape index (κ3) is 4.27. The van der Waals surface area contributed by atoms with Crippen LogP contribution in [0.1, 0.15) is 26.3 Å². The van der Waals surface area contributed by atoms with E-state index < -0.39 is 0 Å². The predicted molar refractivity (Wildman–Crippen MR) is 118 cm³/mol. The van der Waals surface area contributed by atoms with E-state index in [1.807, 2.05) is 51.1 Å². The number of fused-ring (bicyclic) bond motifs is 1. The van der Waals surface area contributed by atoms with Crippen molar-refractivity contribution in [3.8, 4) is 28.4 Å². The van der Waals surface area contributed by atoms with Crippen LogP contribution in [0.15, 0.2) is 47.1 Å². The van der Waals surface area contributed by atoms with E-state index in [-0.39, 0.29) is 11.9 Å². The molecule has 0 aliphatic heterocycles. The normalized spacial score (nSPS) is 11.6. The summed E-state index contributed by atoms with van der Waals surface area (Å²) in [5.74, 6) is 1.80. The van der Waals surface area contributed by atoms with Crippen molar-refractivity contribution in [2.75, 3.05) is 21.3 Å². The Bertz CT molecular complexity index is 1090. The number of nitrogens with one attached hydrogen (secondary N) is 1. The number of carbonyl (C=O) groups excluding carboxylic acids is 1. The van der Waals surface area contributed by atoms with Gasteiger partial charge < -0.3 is 23.9 Å². The first-order valence-electron chi connectivity index (χ1n) is 9.68. The third-order valence-corrected chi connectivity index (χ3v) is 4.79. The molecule has 1 heterocycles. The van der Waals surface area contributed by atoms with Crippen LogP contribution >= 0.6 is 0 Å². The predicted octanol–water partition coefficient (Wildman–Crippen LogP) is 5.05. The Labute approximate surface area is 176 Å². The summed E-state index contributed by atoms with van der Waals surface area (Å²) in [6.45, 7) is 5.74. The number of allylic oxidation sites excluding steroid dienone is 1. The monoisotopic (exact) mass is 409 g/mol. The van der Waals surface area contributed by atoms with Crippen LogP contribution < -0.4 is 19.5 Å². The first-order chi connectivity index (χ1) is 14.4. The van der Waals surface area contributed by atoms with Gasteiger partial charge in [0.1, 0.15) is 11.3 Å². The Morgan fingerprint density at radius 2 is 1.70 bits per heavy atom. The van der Waals surface area contributed by atoms with Gasteiger partial charge in [-0.25, -0.2) is 0 Å². The third-order valence-electron chi connectivity index (χ3n) is 4.79. The van der Waals surface area contributed by atoms with Gasteiger partial charge in [0.2, 0.25) is 5.91 Å². The summed E-state index contributed by atoms with van der Waals surface area (Å²) < 4.78 is 22.1. The van der Waals surface area contributed by atoms with Crippen molar-refractivity contribution in [2.45, 2.75) is 26.8 Å². The molecule has 1 amide bonds. The van der Waals surface area contributed by atoms with Crippen LogP contribution in [0, 0.1) is 0 Å². The molecule has 2 aromatic carbocycles. The SMILES string of the molecule is COc1ccc(-c2coc3cc(OC)c(/C(C)=C/C(=O)NC(C)C)cc23)cc1OC. The van der Waals surface area contributed by atoms with Gasteiger partial charge in [-0.1, -0.05) is 6.07 Å². The van der Waals surface area contributed by atoms with Crippen LogP contribution in [0.3, 0.4) is 0 Å². The minimum absolute atomic E-state index is 0.0662. The smallest absolute Gasteiger partial charge is 0.244 e. The molecular weight excluding hydrogens is 382 g/mol. The first-order valence-corrected chi connectivity index (χ1v) is 9.68. The largest absolute Gasteiger partial charge is 0.496 e. The second kappa shape index (κ2) is 8.95. The van der Waals surface area contributed by atoms with E-state index in [4.69, 9.17) is 18.6 Å². The molecule has 6 nitrogen and oxygen atoms in total. The van der Waals surface area contributed by atoms with Crippen LogP contribution in [0.5, 0.6) is 17.2 Å². The highest BCUT2D eigenvalue weighted by atomic mass is 16.5. The van der Waals surface area contributed by atoms with Gasteiger partial charge in [0, 0.05) is 34.7 Å². The molecule has 0 radical (unpaired) electrons. The minimum atomic E-state index is -0.142. The zero-order chi connectivity index (χ0) is 21.8. The Hall–Kier alpha value is -3.41. The molecule has 0 bridgehead atoms. The standard InChI is InChI=1S/C24H27NO5/c1-14(2)25-24(26)9-15(3)17-11-18-19(13-30-22(18)12-21(17)28-5)16-7-8-20(27-4)23(10-16)29-6/h7-14H,1-6H3,(H,25,26)/b15-9+. The molecule has 0 saturated heterocycles. The number of hydrogen-bond acceptors (Lipinski definition) is 5. The Kier molecular flexibility index (Phi) is 6.35. The highest BCUT2D eigenvalue weighted by molar-refractivity contribution is 6.00. The minimum Gasteiger partial charge on any atom is -0.496 e. The number of hydrogen-bond donors (Lipinski definition) is 1. The van der Waals surface area contributed by atoms with Gasteiger partial charge in [-0.05, 0) is 50.1 Å². The van der Waals surface area contributed by atoms with Gasteiger partial charge in [-0.2, -0.15) is 0 Å². The molecule has 6 heteroatoms. The molecule has 1 aromatic heterocycles. The quantitative estimate of drug-likeness (QED) is 0.553. The van der Waals surface area contributed by atoms with E-state index in [0.717, 1.165) is 27.6 Å². The fourth-order valence-corrected chi connectivity index (χ4v) is 3.36. The molecule has 158 valence electrons. The zero-order valence-electron chi connectivity index (χ0n) is 18.2. The van der Waals surface area contributed by atoms with Crippen LogP contribution in [-0.4, -0.2) is 33.3 Å². The highest BCUT2D eigenvalue weighted by Crippen LogP contribution is 2.39. The van der Waals surface area contributed by atoms with Gasteiger partial charge in [-0.15, -0.1) is 0 Å². The molecule has 30 heavy (non-hydrogen) atoms. The van der Waals surface area contributed by atoms with E-state index in [2.05, 4.69) is 5.32 Å². The van der Waals surface area contributed by atoms with Crippen LogP contribution in [-0.2, 0) is 4.79 Å². The lowest BCUT2D eigenvalue weighted by molar-refractivity contribution is -0.116. The summed E-state index contributed by atoms with van der Waals surface area (Å²) in [6.07, 6.45) is 3.29. The first kappa shape index (κ1) is 21.3. The average Bonchev–Trinajstić information content (AvgIpc) is 3.14. The summed E-state index contributed by atoms with van der Waals surface area (Å²) in [6, 6.07) is 9.61. The van der Waals surface area contributed by atoms with Crippen LogP contribution in [0.4, 0.5) is 0 Å². The maximum atomic E-state index is 12.2. The molecule has 0 aliphatic carbocycles. The van der Waals surface area contributed by atoms with Gasteiger partial charge in [0.15, 0.2) is 11.5 Å². The maximum Gasteiger partial charge on any atom is 0.244 e. The molecule has 3 aromatic rings. The Balaban J connectivity index is 2.11. The highest BCUT2D eigenvalue weighted by Gasteiger charge is 2.16. The number of methoxy groups -OCH3 is 3.